The van der Waals surface area contributed by atoms with Gasteiger partial charge < -0.3 is 25.3 Å². The van der Waals surface area contributed by atoms with Crippen LogP contribution in [-0.2, 0) is 16.0 Å². The highest BCUT2D eigenvalue weighted by Gasteiger charge is 2.29. The standard InChI is InChI=1S/C33H36FN5O3/c1-33(2,3)42-32(41)38-28(17-21-18-35-27-15-9-6-11-23(21)27)31(40)37-20-22-19-36-30(24-12-5-8-14-26(24)34)25-13-7-10-16-29(25)39(22)4/h5-16,18,22,28,35H,17,19-20H2,1-4H3,(H,37,40)(H,38,41). The number of hydrogen-bond donors (Lipinski definition) is 3. The summed E-state index contributed by atoms with van der Waals surface area (Å²) in [7, 11) is 1.94. The second kappa shape index (κ2) is 12.1. The van der Waals surface area contributed by atoms with E-state index in [9.17, 15) is 14.0 Å². The van der Waals surface area contributed by atoms with Gasteiger partial charge in [-0.1, -0.05) is 48.5 Å². The van der Waals surface area contributed by atoms with Gasteiger partial charge in [-0.05, 0) is 50.6 Å². The van der Waals surface area contributed by atoms with Crippen LogP contribution in [0.1, 0.15) is 37.5 Å². The number of rotatable bonds is 7. The number of halogens is 1. The molecule has 4 aromatic rings. The number of alkyl carbamates (subject to hydrolysis) is 1. The van der Waals surface area contributed by atoms with E-state index in [2.05, 4.69) is 20.5 Å². The van der Waals surface area contributed by atoms with Gasteiger partial charge in [0.2, 0.25) is 5.91 Å². The number of fused-ring (bicyclic) bond motifs is 2. The number of nitrogens with one attached hydrogen (secondary N) is 3. The monoisotopic (exact) mass is 569 g/mol. The molecule has 0 spiro atoms. The van der Waals surface area contributed by atoms with E-state index in [1.165, 1.54) is 6.07 Å². The summed E-state index contributed by atoms with van der Waals surface area (Å²) < 4.78 is 20.3. The Hall–Kier alpha value is -4.66. The molecule has 9 heteroatoms. The summed E-state index contributed by atoms with van der Waals surface area (Å²) in [5.41, 5.74) is 3.86. The fraction of sp³-hybridized carbons (Fsp3) is 0.303. The molecule has 0 saturated heterocycles. The van der Waals surface area contributed by atoms with Crippen LogP contribution < -0.4 is 15.5 Å². The summed E-state index contributed by atoms with van der Waals surface area (Å²) in [5, 5.41) is 6.78. The lowest BCUT2D eigenvalue weighted by Gasteiger charge is -2.29. The molecule has 0 bridgehead atoms. The third kappa shape index (κ3) is 6.46. The molecule has 0 fully saturated rings. The van der Waals surface area contributed by atoms with Gasteiger partial charge in [0, 0.05) is 53.9 Å². The SMILES string of the molecule is CN1c2ccccc2C(c2ccccc2F)=NCC1CNC(=O)C(Cc1c[nH]c2ccccc12)NC(=O)OC(C)(C)C. The zero-order chi connectivity index (χ0) is 29.9. The lowest BCUT2D eigenvalue weighted by molar-refractivity contribution is -0.123. The van der Waals surface area contributed by atoms with E-state index in [0.29, 0.717) is 17.8 Å². The number of H-pyrrole nitrogens is 1. The highest BCUT2D eigenvalue weighted by Crippen LogP contribution is 2.28. The number of hydrogen-bond acceptors (Lipinski definition) is 5. The van der Waals surface area contributed by atoms with Crippen LogP contribution in [0.4, 0.5) is 14.9 Å². The summed E-state index contributed by atoms with van der Waals surface area (Å²) in [6.07, 6.45) is 1.46. The van der Waals surface area contributed by atoms with Crippen LogP contribution in [0.3, 0.4) is 0 Å². The molecular weight excluding hydrogens is 533 g/mol. The zero-order valence-electron chi connectivity index (χ0n) is 24.3. The molecule has 5 rings (SSSR count). The quantitative estimate of drug-likeness (QED) is 0.284. The highest BCUT2D eigenvalue weighted by atomic mass is 19.1. The van der Waals surface area contributed by atoms with Gasteiger partial charge in [-0.2, -0.15) is 0 Å². The number of para-hydroxylation sites is 2. The van der Waals surface area contributed by atoms with Crippen LogP contribution in [0.25, 0.3) is 10.9 Å². The number of aliphatic imine (C=N–C) groups is 1. The van der Waals surface area contributed by atoms with Crippen molar-refractivity contribution < 1.29 is 18.7 Å². The first kappa shape index (κ1) is 28.9. The number of aromatic nitrogens is 1. The predicted molar refractivity (Wildman–Crippen MR) is 164 cm³/mol. The number of benzodiazepines with no additional fused rings is 1. The van der Waals surface area contributed by atoms with E-state index < -0.39 is 17.7 Å². The maximum atomic E-state index is 14.8. The zero-order valence-corrected chi connectivity index (χ0v) is 24.3. The molecule has 0 radical (unpaired) electrons. The van der Waals surface area contributed by atoms with Crippen molar-refractivity contribution >= 4 is 34.3 Å². The molecule has 2 atom stereocenters. The van der Waals surface area contributed by atoms with E-state index in [-0.39, 0.29) is 30.7 Å². The molecule has 218 valence electrons. The Morgan fingerprint density at radius 3 is 2.50 bits per heavy atom. The van der Waals surface area contributed by atoms with E-state index in [0.717, 1.165) is 27.7 Å². The molecule has 3 aromatic carbocycles. The van der Waals surface area contributed by atoms with Crippen molar-refractivity contribution in [1.82, 2.24) is 15.6 Å². The molecule has 2 heterocycles. The first-order chi connectivity index (χ1) is 20.1. The second-order valence-corrected chi connectivity index (χ2v) is 11.5. The van der Waals surface area contributed by atoms with E-state index in [1.807, 2.05) is 61.8 Å². The van der Waals surface area contributed by atoms with Crippen molar-refractivity contribution in [3.05, 3.63) is 102 Å². The van der Waals surface area contributed by atoms with Gasteiger partial charge in [-0.25, -0.2) is 9.18 Å². The smallest absolute Gasteiger partial charge is 0.408 e. The van der Waals surface area contributed by atoms with Crippen molar-refractivity contribution in [3.63, 3.8) is 0 Å². The lowest BCUT2D eigenvalue weighted by Crippen LogP contribution is -2.52. The second-order valence-electron chi connectivity index (χ2n) is 11.5. The van der Waals surface area contributed by atoms with Gasteiger partial charge >= 0.3 is 6.09 Å². The number of carbonyl (C=O) groups is 2. The van der Waals surface area contributed by atoms with Gasteiger partial charge in [0.05, 0.1) is 18.3 Å². The van der Waals surface area contributed by atoms with Crippen molar-refractivity contribution in [3.8, 4) is 0 Å². The molecule has 2 amide bonds. The Kier molecular flexibility index (Phi) is 8.29. The molecule has 42 heavy (non-hydrogen) atoms. The van der Waals surface area contributed by atoms with Gasteiger partial charge in [-0.15, -0.1) is 0 Å². The van der Waals surface area contributed by atoms with E-state index in [1.54, 1.807) is 39.0 Å². The summed E-state index contributed by atoms with van der Waals surface area (Å²) in [4.78, 5) is 36.5. The average molecular weight is 570 g/mol. The number of nitrogens with zero attached hydrogens (tertiary/aromatic N) is 2. The number of carbonyl (C=O) groups excluding carboxylic acids is 2. The van der Waals surface area contributed by atoms with Gasteiger partial charge in [0.15, 0.2) is 0 Å². The van der Waals surface area contributed by atoms with Crippen molar-refractivity contribution in [1.29, 1.82) is 0 Å². The van der Waals surface area contributed by atoms with Crippen molar-refractivity contribution in [2.75, 3.05) is 25.0 Å². The third-order valence-electron chi connectivity index (χ3n) is 7.29. The number of anilines is 1. The molecule has 1 aliphatic heterocycles. The Balaban J connectivity index is 1.37. The maximum absolute atomic E-state index is 14.8. The van der Waals surface area contributed by atoms with Crippen LogP contribution in [0.15, 0.2) is 84.0 Å². The van der Waals surface area contributed by atoms with Crippen LogP contribution in [0.5, 0.6) is 0 Å². The van der Waals surface area contributed by atoms with Crippen LogP contribution >= 0.6 is 0 Å². The van der Waals surface area contributed by atoms with Crippen LogP contribution in [0, 0.1) is 5.82 Å². The molecule has 2 unspecified atom stereocenters. The largest absolute Gasteiger partial charge is 0.444 e. The fourth-order valence-electron chi connectivity index (χ4n) is 5.19. The topological polar surface area (TPSA) is 98.8 Å². The third-order valence-corrected chi connectivity index (χ3v) is 7.29. The van der Waals surface area contributed by atoms with E-state index >= 15 is 0 Å². The highest BCUT2D eigenvalue weighted by molar-refractivity contribution is 6.16. The summed E-state index contributed by atoms with van der Waals surface area (Å²) in [6, 6.07) is 21.1. The lowest BCUT2D eigenvalue weighted by atomic mass is 10.00. The minimum absolute atomic E-state index is 0.213. The molecule has 3 N–H and O–H groups in total. The number of amides is 2. The number of benzene rings is 3. The first-order valence-corrected chi connectivity index (χ1v) is 14.0. The van der Waals surface area contributed by atoms with Gasteiger partial charge in [-0.3, -0.25) is 9.79 Å². The summed E-state index contributed by atoms with van der Waals surface area (Å²) in [5.74, 6) is -0.677. The number of likely N-dealkylation sites (N-methyl/N-ethyl adjacent to an activating group) is 1. The molecule has 0 saturated carbocycles. The van der Waals surface area contributed by atoms with Gasteiger partial charge in [0.1, 0.15) is 17.5 Å². The Morgan fingerprint density at radius 2 is 1.74 bits per heavy atom. The molecule has 1 aliphatic rings. The van der Waals surface area contributed by atoms with E-state index in [4.69, 9.17) is 9.73 Å². The maximum Gasteiger partial charge on any atom is 0.408 e. The normalized spacial score (nSPS) is 15.8. The average Bonchev–Trinajstić information content (AvgIpc) is 3.30. The fourth-order valence-corrected chi connectivity index (χ4v) is 5.19. The van der Waals surface area contributed by atoms with Crippen molar-refractivity contribution in [2.24, 2.45) is 4.99 Å². The first-order valence-electron chi connectivity index (χ1n) is 14.0. The predicted octanol–water partition coefficient (Wildman–Crippen LogP) is 5.22. The number of aromatic amines is 1. The Morgan fingerprint density at radius 1 is 1.05 bits per heavy atom. The van der Waals surface area contributed by atoms with Crippen LogP contribution in [0.2, 0.25) is 0 Å². The number of ether oxygens (including phenoxy) is 1. The molecular formula is C33H36FN5O3. The molecule has 8 nitrogen and oxygen atoms in total. The Bertz CT molecular complexity index is 1620. The minimum Gasteiger partial charge on any atom is -0.444 e. The summed E-state index contributed by atoms with van der Waals surface area (Å²) in [6.45, 7) is 5.92. The summed E-state index contributed by atoms with van der Waals surface area (Å²) >= 11 is 0. The van der Waals surface area contributed by atoms with Crippen molar-refractivity contribution in [2.45, 2.75) is 44.9 Å². The molecule has 0 aliphatic carbocycles. The Labute approximate surface area is 245 Å². The molecule has 1 aromatic heterocycles. The minimum atomic E-state index is -0.875. The van der Waals surface area contributed by atoms with Gasteiger partial charge in [0.25, 0.3) is 0 Å². The van der Waals surface area contributed by atoms with Crippen LogP contribution in [-0.4, -0.2) is 60.5 Å².